The molecule has 0 radical (unpaired) electrons. The van der Waals surface area contributed by atoms with E-state index in [2.05, 4.69) is 21.7 Å². The van der Waals surface area contributed by atoms with Crippen molar-refractivity contribution in [1.29, 1.82) is 0 Å². The van der Waals surface area contributed by atoms with Crippen LogP contribution in [0.1, 0.15) is 6.92 Å². The van der Waals surface area contributed by atoms with Crippen molar-refractivity contribution >= 4 is 11.7 Å². The van der Waals surface area contributed by atoms with Crippen molar-refractivity contribution in [2.75, 3.05) is 6.54 Å². The standard InChI is InChI=1S/C10H13N5O2/c1-8-7-15(10(16)12-11-8)13-14-17-9-5-3-2-4-6-9/h2-6,13-14H,7H2,1H3,(H,12,16). The summed E-state index contributed by atoms with van der Waals surface area (Å²) >= 11 is 0. The molecule has 0 saturated heterocycles. The smallest absolute Gasteiger partial charge is 0.353 e. The number of nitrogens with one attached hydrogen (secondary N) is 3. The third-order valence-electron chi connectivity index (χ3n) is 2.07. The van der Waals surface area contributed by atoms with E-state index in [-0.39, 0.29) is 6.03 Å². The van der Waals surface area contributed by atoms with Gasteiger partial charge in [-0.1, -0.05) is 23.8 Å². The van der Waals surface area contributed by atoms with Gasteiger partial charge in [-0.3, -0.25) is 0 Å². The van der Waals surface area contributed by atoms with Gasteiger partial charge in [0.2, 0.25) is 0 Å². The first-order valence-corrected chi connectivity index (χ1v) is 5.09. The molecule has 1 aliphatic rings. The van der Waals surface area contributed by atoms with Gasteiger partial charge >= 0.3 is 6.03 Å². The Kier molecular flexibility index (Phi) is 3.53. The Morgan fingerprint density at radius 2 is 2.18 bits per heavy atom. The molecule has 0 saturated carbocycles. The summed E-state index contributed by atoms with van der Waals surface area (Å²) in [6.07, 6.45) is 0. The molecule has 1 heterocycles. The van der Waals surface area contributed by atoms with Crippen LogP contribution in [0.15, 0.2) is 35.4 Å². The summed E-state index contributed by atoms with van der Waals surface area (Å²) in [4.78, 5) is 16.5. The van der Waals surface area contributed by atoms with E-state index in [1.165, 1.54) is 5.01 Å². The second-order valence-corrected chi connectivity index (χ2v) is 3.48. The number of para-hydroxylation sites is 1. The first-order valence-electron chi connectivity index (χ1n) is 5.09. The molecule has 0 aromatic heterocycles. The summed E-state index contributed by atoms with van der Waals surface area (Å²) in [7, 11) is 0. The van der Waals surface area contributed by atoms with E-state index in [9.17, 15) is 4.79 Å². The fraction of sp³-hybridized carbons (Fsp3) is 0.200. The van der Waals surface area contributed by atoms with Gasteiger partial charge in [-0.15, -0.1) is 5.53 Å². The fourth-order valence-electron chi connectivity index (χ4n) is 1.26. The molecule has 2 amide bonds. The van der Waals surface area contributed by atoms with Crippen molar-refractivity contribution in [3.63, 3.8) is 0 Å². The minimum atomic E-state index is -0.347. The van der Waals surface area contributed by atoms with Crippen LogP contribution < -0.4 is 21.4 Å². The van der Waals surface area contributed by atoms with Crippen LogP contribution >= 0.6 is 0 Å². The van der Waals surface area contributed by atoms with Crippen molar-refractivity contribution in [2.45, 2.75) is 6.92 Å². The highest BCUT2D eigenvalue weighted by atomic mass is 16.7. The van der Waals surface area contributed by atoms with Gasteiger partial charge in [-0.2, -0.15) is 5.10 Å². The highest BCUT2D eigenvalue weighted by Crippen LogP contribution is 2.05. The molecule has 7 nitrogen and oxygen atoms in total. The molecule has 3 N–H and O–H groups in total. The molecular weight excluding hydrogens is 222 g/mol. The topological polar surface area (TPSA) is 78.0 Å². The molecule has 0 bridgehead atoms. The fourth-order valence-corrected chi connectivity index (χ4v) is 1.26. The highest BCUT2D eigenvalue weighted by Gasteiger charge is 2.17. The van der Waals surface area contributed by atoms with Gasteiger partial charge in [-0.05, 0) is 19.1 Å². The number of rotatable bonds is 4. The SMILES string of the molecule is CC1=NNC(=O)N(NNOc2ccccc2)C1. The lowest BCUT2D eigenvalue weighted by atomic mass is 10.3. The molecule has 1 aromatic carbocycles. The van der Waals surface area contributed by atoms with E-state index in [1.807, 2.05) is 25.1 Å². The lowest BCUT2D eigenvalue weighted by Crippen LogP contribution is -2.57. The molecule has 7 heteroatoms. The summed E-state index contributed by atoms with van der Waals surface area (Å²) in [5, 5.41) is 5.11. The van der Waals surface area contributed by atoms with Crippen LogP contribution in [0.3, 0.4) is 0 Å². The third-order valence-corrected chi connectivity index (χ3v) is 2.07. The molecule has 0 fully saturated rings. The second-order valence-electron chi connectivity index (χ2n) is 3.48. The summed E-state index contributed by atoms with van der Waals surface area (Å²) in [5.41, 5.74) is 8.24. The van der Waals surface area contributed by atoms with E-state index >= 15 is 0 Å². The van der Waals surface area contributed by atoms with Gasteiger partial charge in [-0.25, -0.2) is 15.2 Å². The van der Waals surface area contributed by atoms with Gasteiger partial charge in [0.1, 0.15) is 5.75 Å². The molecule has 90 valence electrons. The number of hydrazone groups is 1. The van der Waals surface area contributed by atoms with Crippen LogP contribution in [0.5, 0.6) is 5.75 Å². The second kappa shape index (κ2) is 5.28. The Morgan fingerprint density at radius 1 is 1.41 bits per heavy atom. The van der Waals surface area contributed by atoms with Crippen LogP contribution in [0.2, 0.25) is 0 Å². The average Bonchev–Trinajstić information content (AvgIpc) is 2.35. The highest BCUT2D eigenvalue weighted by molar-refractivity contribution is 5.91. The zero-order valence-corrected chi connectivity index (χ0v) is 9.30. The number of hydrazine groups is 2. The van der Waals surface area contributed by atoms with E-state index < -0.39 is 0 Å². The molecule has 0 unspecified atom stereocenters. The van der Waals surface area contributed by atoms with Gasteiger partial charge in [0.15, 0.2) is 0 Å². The van der Waals surface area contributed by atoms with E-state index in [0.29, 0.717) is 12.3 Å². The number of carbonyl (C=O) groups is 1. The van der Waals surface area contributed by atoms with Crippen molar-refractivity contribution in [3.8, 4) is 5.75 Å². The van der Waals surface area contributed by atoms with Gasteiger partial charge in [0.25, 0.3) is 0 Å². The van der Waals surface area contributed by atoms with Crippen LogP contribution in [0, 0.1) is 0 Å². The largest absolute Gasteiger partial charge is 0.392 e. The molecule has 2 rings (SSSR count). The van der Waals surface area contributed by atoms with Crippen molar-refractivity contribution in [1.82, 2.24) is 21.6 Å². The quantitative estimate of drug-likeness (QED) is 0.660. The minimum Gasteiger partial charge on any atom is -0.392 e. The molecule has 17 heavy (non-hydrogen) atoms. The molecule has 1 aromatic rings. The Balaban J connectivity index is 1.79. The minimum absolute atomic E-state index is 0.347. The van der Waals surface area contributed by atoms with Gasteiger partial charge < -0.3 is 4.84 Å². The maximum Gasteiger partial charge on any atom is 0.353 e. The van der Waals surface area contributed by atoms with Crippen LogP contribution in [-0.4, -0.2) is 23.3 Å². The van der Waals surface area contributed by atoms with Gasteiger partial charge in [0, 0.05) is 0 Å². The van der Waals surface area contributed by atoms with Crippen molar-refractivity contribution < 1.29 is 9.63 Å². The summed E-state index contributed by atoms with van der Waals surface area (Å²) in [6, 6.07) is 8.82. The molecule has 1 aliphatic heterocycles. The monoisotopic (exact) mass is 235 g/mol. The van der Waals surface area contributed by atoms with Crippen LogP contribution in [0.25, 0.3) is 0 Å². The Hall–Kier alpha value is -2.12. The predicted molar refractivity (Wildman–Crippen MR) is 61.7 cm³/mol. The Morgan fingerprint density at radius 3 is 2.94 bits per heavy atom. The summed E-state index contributed by atoms with van der Waals surface area (Å²) in [5.74, 6) is 0.641. The number of nitrogens with zero attached hydrogens (tertiary/aromatic N) is 2. The zero-order valence-electron chi connectivity index (χ0n) is 9.30. The third kappa shape index (κ3) is 3.16. The molecular formula is C10H13N5O2. The van der Waals surface area contributed by atoms with E-state index in [0.717, 1.165) is 5.71 Å². The van der Waals surface area contributed by atoms with E-state index in [1.54, 1.807) is 12.1 Å². The average molecular weight is 235 g/mol. The molecule has 0 atom stereocenters. The summed E-state index contributed by atoms with van der Waals surface area (Å²) < 4.78 is 0. The normalized spacial score (nSPS) is 15.2. The number of amides is 2. The van der Waals surface area contributed by atoms with Gasteiger partial charge in [0.05, 0.1) is 12.3 Å². The molecule has 0 aliphatic carbocycles. The predicted octanol–water partition coefficient (Wildman–Crippen LogP) is 0.391. The Labute approximate surface area is 98.3 Å². The number of carbonyl (C=O) groups excluding carboxylic acids is 1. The number of hydrogen-bond acceptors (Lipinski definition) is 5. The number of hydrogen-bond donors (Lipinski definition) is 3. The lowest BCUT2D eigenvalue weighted by Gasteiger charge is -2.25. The van der Waals surface area contributed by atoms with Crippen molar-refractivity contribution in [3.05, 3.63) is 30.3 Å². The maximum absolute atomic E-state index is 11.3. The molecule has 0 spiro atoms. The van der Waals surface area contributed by atoms with Crippen LogP contribution in [0.4, 0.5) is 4.79 Å². The maximum atomic E-state index is 11.3. The first kappa shape index (κ1) is 11.4. The number of benzene rings is 1. The zero-order chi connectivity index (χ0) is 12.1. The lowest BCUT2D eigenvalue weighted by molar-refractivity contribution is 0.0621. The van der Waals surface area contributed by atoms with E-state index in [4.69, 9.17) is 4.84 Å². The first-order chi connectivity index (χ1) is 8.25. The van der Waals surface area contributed by atoms with Crippen molar-refractivity contribution in [2.24, 2.45) is 5.10 Å². The Bertz CT molecular complexity index is 420. The summed E-state index contributed by atoms with van der Waals surface area (Å²) in [6.45, 7) is 2.20. The number of urea groups is 1. The van der Waals surface area contributed by atoms with Crippen LogP contribution in [-0.2, 0) is 0 Å².